The Bertz CT molecular complexity index is 535. The fourth-order valence-corrected chi connectivity index (χ4v) is 2.45. The standard InChI is InChI=1S/C9H5BrCl2N4O/c10-4-1-5(11)8(6(12)2-4)14-9(17)7-3-13-16-15-7/h1-3H,(H,14,17)(H,13,15,16). The number of amides is 1. The van der Waals surface area contributed by atoms with Crippen molar-refractivity contribution >= 4 is 50.7 Å². The lowest BCUT2D eigenvalue weighted by Gasteiger charge is -2.08. The minimum Gasteiger partial charge on any atom is -0.318 e. The van der Waals surface area contributed by atoms with Gasteiger partial charge in [0.1, 0.15) is 0 Å². The summed E-state index contributed by atoms with van der Waals surface area (Å²) in [6.07, 6.45) is 1.30. The molecule has 2 rings (SSSR count). The Balaban J connectivity index is 2.28. The molecule has 0 aliphatic carbocycles. The molecule has 0 spiro atoms. The van der Waals surface area contributed by atoms with E-state index < -0.39 is 5.91 Å². The van der Waals surface area contributed by atoms with Crippen LogP contribution in [0.4, 0.5) is 5.69 Å². The van der Waals surface area contributed by atoms with E-state index in [9.17, 15) is 4.79 Å². The van der Waals surface area contributed by atoms with Gasteiger partial charge in [0.05, 0.1) is 21.9 Å². The van der Waals surface area contributed by atoms with Crippen LogP contribution in [0.25, 0.3) is 0 Å². The van der Waals surface area contributed by atoms with Crippen molar-refractivity contribution in [3.05, 3.63) is 38.5 Å². The molecule has 0 aliphatic heterocycles. The van der Waals surface area contributed by atoms with Crippen LogP contribution in [0, 0.1) is 0 Å². The van der Waals surface area contributed by atoms with E-state index in [1.807, 2.05) is 0 Å². The lowest BCUT2D eigenvalue weighted by Crippen LogP contribution is -2.13. The molecule has 2 aromatic rings. The molecule has 17 heavy (non-hydrogen) atoms. The number of anilines is 1. The second kappa shape index (κ2) is 5.03. The smallest absolute Gasteiger partial charge is 0.277 e. The van der Waals surface area contributed by atoms with Crippen molar-refractivity contribution in [2.24, 2.45) is 0 Å². The summed E-state index contributed by atoms with van der Waals surface area (Å²) in [4.78, 5) is 11.7. The number of aromatic nitrogens is 3. The van der Waals surface area contributed by atoms with E-state index >= 15 is 0 Å². The molecule has 2 N–H and O–H groups in total. The number of H-pyrrole nitrogens is 1. The number of halogens is 3. The van der Waals surface area contributed by atoms with Crippen molar-refractivity contribution in [2.45, 2.75) is 0 Å². The molecule has 0 atom stereocenters. The van der Waals surface area contributed by atoms with Crippen LogP contribution in [-0.4, -0.2) is 21.3 Å². The summed E-state index contributed by atoms with van der Waals surface area (Å²) >= 11 is 15.2. The largest absolute Gasteiger partial charge is 0.318 e. The molecule has 0 saturated heterocycles. The van der Waals surface area contributed by atoms with E-state index in [-0.39, 0.29) is 5.69 Å². The monoisotopic (exact) mass is 334 g/mol. The molecule has 0 radical (unpaired) electrons. The topological polar surface area (TPSA) is 70.7 Å². The molecule has 1 aromatic carbocycles. The van der Waals surface area contributed by atoms with Gasteiger partial charge in [-0.1, -0.05) is 39.1 Å². The van der Waals surface area contributed by atoms with Gasteiger partial charge in [0.15, 0.2) is 5.69 Å². The highest BCUT2D eigenvalue weighted by Crippen LogP contribution is 2.33. The highest BCUT2D eigenvalue weighted by Gasteiger charge is 2.14. The van der Waals surface area contributed by atoms with E-state index in [1.165, 1.54) is 6.20 Å². The Hall–Kier alpha value is -1.11. The molecule has 0 fully saturated rings. The number of benzene rings is 1. The SMILES string of the molecule is O=C(Nc1c(Cl)cc(Br)cc1Cl)c1cn[nH]n1. The zero-order valence-corrected chi connectivity index (χ0v) is 11.3. The highest BCUT2D eigenvalue weighted by atomic mass is 79.9. The van der Waals surface area contributed by atoms with Gasteiger partial charge < -0.3 is 5.32 Å². The van der Waals surface area contributed by atoms with E-state index in [1.54, 1.807) is 12.1 Å². The van der Waals surface area contributed by atoms with Crippen LogP contribution in [0.3, 0.4) is 0 Å². The molecule has 0 aliphatic rings. The Morgan fingerprint density at radius 3 is 2.53 bits per heavy atom. The van der Waals surface area contributed by atoms with E-state index in [2.05, 4.69) is 36.7 Å². The third-order valence-corrected chi connectivity index (χ3v) is 2.95. The maximum Gasteiger partial charge on any atom is 0.277 e. The van der Waals surface area contributed by atoms with Gasteiger partial charge in [-0.25, -0.2) is 0 Å². The summed E-state index contributed by atoms with van der Waals surface area (Å²) < 4.78 is 0.729. The van der Waals surface area contributed by atoms with Crippen LogP contribution in [0.5, 0.6) is 0 Å². The summed E-state index contributed by atoms with van der Waals surface area (Å²) in [5, 5.41) is 12.8. The number of nitrogens with zero attached hydrogens (tertiary/aromatic N) is 2. The molecule has 88 valence electrons. The number of aromatic amines is 1. The first-order chi connectivity index (χ1) is 8.08. The minimum absolute atomic E-state index is 0.153. The Morgan fingerprint density at radius 2 is 2.00 bits per heavy atom. The van der Waals surface area contributed by atoms with E-state index in [0.717, 1.165) is 4.47 Å². The maximum atomic E-state index is 11.7. The first-order valence-corrected chi connectivity index (χ1v) is 5.94. The molecule has 8 heteroatoms. The Labute approximate surface area is 115 Å². The highest BCUT2D eigenvalue weighted by molar-refractivity contribution is 9.10. The van der Waals surface area contributed by atoms with Gasteiger partial charge in [0.2, 0.25) is 0 Å². The van der Waals surface area contributed by atoms with Gasteiger partial charge in [0.25, 0.3) is 5.91 Å². The molecule has 5 nitrogen and oxygen atoms in total. The zero-order chi connectivity index (χ0) is 12.4. The van der Waals surface area contributed by atoms with Crippen molar-refractivity contribution in [1.29, 1.82) is 0 Å². The van der Waals surface area contributed by atoms with Crippen LogP contribution >= 0.6 is 39.1 Å². The lowest BCUT2D eigenvalue weighted by molar-refractivity contribution is 0.102. The van der Waals surface area contributed by atoms with Crippen molar-refractivity contribution in [3.63, 3.8) is 0 Å². The second-order valence-corrected chi connectivity index (χ2v) is 4.78. The number of nitrogens with one attached hydrogen (secondary N) is 2. The van der Waals surface area contributed by atoms with Crippen molar-refractivity contribution in [2.75, 3.05) is 5.32 Å². The molecule has 1 heterocycles. The number of rotatable bonds is 2. The first-order valence-electron chi connectivity index (χ1n) is 4.39. The number of carbonyl (C=O) groups is 1. The molecule has 0 unspecified atom stereocenters. The molecule has 0 saturated carbocycles. The number of carbonyl (C=O) groups excluding carboxylic acids is 1. The Kier molecular flexibility index (Phi) is 3.66. The van der Waals surface area contributed by atoms with Crippen LogP contribution < -0.4 is 5.32 Å². The fraction of sp³-hybridized carbons (Fsp3) is 0. The summed E-state index contributed by atoms with van der Waals surface area (Å²) in [7, 11) is 0. The van der Waals surface area contributed by atoms with E-state index in [4.69, 9.17) is 23.2 Å². The summed E-state index contributed by atoms with van der Waals surface area (Å²) in [5.41, 5.74) is 0.490. The predicted molar refractivity (Wildman–Crippen MR) is 68.5 cm³/mol. The average molecular weight is 336 g/mol. The lowest BCUT2D eigenvalue weighted by atomic mass is 10.3. The number of hydrogen-bond donors (Lipinski definition) is 2. The second-order valence-electron chi connectivity index (χ2n) is 3.05. The van der Waals surface area contributed by atoms with Gasteiger partial charge >= 0.3 is 0 Å². The van der Waals surface area contributed by atoms with Gasteiger partial charge in [-0.3, -0.25) is 4.79 Å². The van der Waals surface area contributed by atoms with E-state index in [0.29, 0.717) is 15.7 Å². The molecule has 1 amide bonds. The van der Waals surface area contributed by atoms with Crippen LogP contribution in [-0.2, 0) is 0 Å². The summed E-state index contributed by atoms with van der Waals surface area (Å²) in [6, 6.07) is 3.26. The predicted octanol–water partition coefficient (Wildman–Crippen LogP) is 3.13. The van der Waals surface area contributed by atoms with Gasteiger partial charge in [-0.15, -0.1) is 0 Å². The van der Waals surface area contributed by atoms with Crippen molar-refractivity contribution < 1.29 is 4.79 Å². The third kappa shape index (κ3) is 2.77. The quantitative estimate of drug-likeness (QED) is 0.885. The molecule has 0 bridgehead atoms. The molecule has 1 aromatic heterocycles. The zero-order valence-electron chi connectivity index (χ0n) is 8.17. The number of hydrogen-bond acceptors (Lipinski definition) is 3. The third-order valence-electron chi connectivity index (χ3n) is 1.89. The van der Waals surface area contributed by atoms with Gasteiger partial charge in [0, 0.05) is 4.47 Å². The first kappa shape index (κ1) is 12.3. The van der Waals surface area contributed by atoms with Crippen molar-refractivity contribution in [3.8, 4) is 0 Å². The molecular formula is C9H5BrCl2N4O. The van der Waals surface area contributed by atoms with Crippen LogP contribution in [0.1, 0.15) is 10.5 Å². The van der Waals surface area contributed by atoms with Gasteiger partial charge in [-0.05, 0) is 12.1 Å². The molecular weight excluding hydrogens is 331 g/mol. The summed E-state index contributed by atoms with van der Waals surface area (Å²) in [5.74, 6) is -0.440. The maximum absolute atomic E-state index is 11.7. The van der Waals surface area contributed by atoms with Crippen LogP contribution in [0.15, 0.2) is 22.8 Å². The minimum atomic E-state index is -0.440. The van der Waals surface area contributed by atoms with Gasteiger partial charge in [-0.2, -0.15) is 15.4 Å². The van der Waals surface area contributed by atoms with Crippen LogP contribution in [0.2, 0.25) is 10.0 Å². The fourth-order valence-electron chi connectivity index (χ4n) is 1.15. The normalized spacial score (nSPS) is 10.3. The average Bonchev–Trinajstić information content (AvgIpc) is 2.76. The Morgan fingerprint density at radius 1 is 1.35 bits per heavy atom. The summed E-state index contributed by atoms with van der Waals surface area (Å²) in [6.45, 7) is 0. The van der Waals surface area contributed by atoms with Crippen molar-refractivity contribution in [1.82, 2.24) is 15.4 Å².